The molecule has 0 saturated heterocycles. The van der Waals surface area contributed by atoms with Gasteiger partial charge in [0.25, 0.3) is 0 Å². The van der Waals surface area contributed by atoms with E-state index in [1.807, 2.05) is 70.2 Å². The van der Waals surface area contributed by atoms with E-state index >= 15 is 0 Å². The average Bonchev–Trinajstić information content (AvgIpc) is 2.81. The van der Waals surface area contributed by atoms with Crippen molar-refractivity contribution in [2.24, 2.45) is 0 Å². The molecule has 1 rings (SSSR count). The number of hydrogen-bond donors (Lipinski definition) is 0. The normalized spacial score (nSPS) is 12.8. The van der Waals surface area contributed by atoms with E-state index in [0.29, 0.717) is 0 Å². The lowest BCUT2D eigenvalue weighted by atomic mass is 10.1. The summed E-state index contributed by atoms with van der Waals surface area (Å²) in [6, 6.07) is 0. The van der Waals surface area contributed by atoms with E-state index in [1.54, 1.807) is 6.08 Å². The van der Waals surface area contributed by atoms with Gasteiger partial charge in [0.1, 0.15) is 11.2 Å². The summed E-state index contributed by atoms with van der Waals surface area (Å²) in [4.78, 5) is 0. The quantitative estimate of drug-likeness (QED) is 0.732. The Hall–Kier alpha value is -2.02. The second-order valence-electron chi connectivity index (χ2n) is 3.44. The number of allylic oxidation sites excluding steroid dienone is 4. The molecule has 0 spiro atoms. The van der Waals surface area contributed by atoms with Crippen LogP contribution in [0, 0.1) is 0 Å². The molecule has 0 amide bonds. The number of furan rings is 1. The Morgan fingerprint density at radius 3 is 2.21 bits per heavy atom. The summed E-state index contributed by atoms with van der Waals surface area (Å²) >= 11 is 0. The van der Waals surface area contributed by atoms with Gasteiger partial charge in [-0.2, -0.15) is 0 Å². The smallest absolute Gasteiger partial charge is 0.135 e. The zero-order valence-corrected chi connectivity index (χ0v) is 12.4. The molecule has 0 aromatic carbocycles. The third-order valence-corrected chi connectivity index (χ3v) is 2.35. The fourth-order valence-corrected chi connectivity index (χ4v) is 1.56. The van der Waals surface area contributed by atoms with E-state index in [9.17, 15) is 0 Å². The van der Waals surface area contributed by atoms with Gasteiger partial charge in [-0.15, -0.1) is 0 Å². The maximum atomic E-state index is 5.76. The Balaban J connectivity index is 0.00000154. The summed E-state index contributed by atoms with van der Waals surface area (Å²) in [6.45, 7) is 15.4. The highest BCUT2D eigenvalue weighted by atomic mass is 16.3. The maximum absolute atomic E-state index is 5.76. The second-order valence-corrected chi connectivity index (χ2v) is 3.44. The van der Waals surface area contributed by atoms with Crippen molar-refractivity contribution >= 4 is 24.3 Å². The van der Waals surface area contributed by atoms with Gasteiger partial charge in [0, 0.05) is 10.8 Å². The van der Waals surface area contributed by atoms with Gasteiger partial charge in [-0.1, -0.05) is 63.5 Å². The Morgan fingerprint density at radius 1 is 1.05 bits per heavy atom. The first-order valence-electron chi connectivity index (χ1n) is 6.62. The summed E-state index contributed by atoms with van der Waals surface area (Å²) in [7, 11) is 0. The van der Waals surface area contributed by atoms with Crippen LogP contribution in [-0.2, 0) is 0 Å². The zero-order valence-electron chi connectivity index (χ0n) is 12.4. The van der Waals surface area contributed by atoms with Crippen LogP contribution in [0.1, 0.15) is 39.0 Å². The van der Waals surface area contributed by atoms with Gasteiger partial charge in [0.05, 0.1) is 0 Å². The highest BCUT2D eigenvalue weighted by Crippen LogP contribution is 2.06. The third-order valence-electron chi connectivity index (χ3n) is 2.35. The van der Waals surface area contributed by atoms with Crippen molar-refractivity contribution in [2.45, 2.75) is 27.7 Å². The Labute approximate surface area is 116 Å². The largest absolute Gasteiger partial charge is 0.456 e. The van der Waals surface area contributed by atoms with E-state index in [4.69, 9.17) is 4.42 Å². The third kappa shape index (κ3) is 4.63. The molecule has 1 nitrogen and oxygen atoms in total. The van der Waals surface area contributed by atoms with Gasteiger partial charge < -0.3 is 4.42 Å². The predicted molar refractivity (Wildman–Crippen MR) is 88.0 cm³/mol. The molecule has 1 heteroatoms. The first-order chi connectivity index (χ1) is 9.28. The molecule has 1 aromatic heterocycles. The topological polar surface area (TPSA) is 13.1 Å². The summed E-state index contributed by atoms with van der Waals surface area (Å²) in [5.41, 5.74) is 1.87. The second kappa shape index (κ2) is 9.95. The molecule has 0 aliphatic heterocycles. The molecule has 0 radical (unpaired) electrons. The highest BCUT2D eigenvalue weighted by Gasteiger charge is 2.04. The average molecular weight is 256 g/mol. The molecule has 0 fully saturated rings. The van der Waals surface area contributed by atoms with E-state index in [1.165, 1.54) is 0 Å². The van der Waals surface area contributed by atoms with Crippen molar-refractivity contribution in [3.63, 3.8) is 0 Å². The van der Waals surface area contributed by atoms with Crippen molar-refractivity contribution in [1.82, 2.24) is 0 Å². The lowest BCUT2D eigenvalue weighted by molar-refractivity contribution is 0.521. The molecule has 1 aromatic rings. The molecule has 0 N–H and O–H groups in total. The number of rotatable bonds is 4. The minimum atomic E-state index is 0.809. The summed E-state index contributed by atoms with van der Waals surface area (Å²) in [5, 5.41) is 1.06. The van der Waals surface area contributed by atoms with E-state index in [2.05, 4.69) is 13.2 Å². The van der Waals surface area contributed by atoms with Gasteiger partial charge in [0.15, 0.2) is 0 Å². The van der Waals surface area contributed by atoms with Crippen LogP contribution in [0.25, 0.3) is 24.3 Å². The fraction of sp³-hybridized carbons (Fsp3) is 0.222. The zero-order chi connectivity index (χ0) is 14.7. The predicted octanol–water partition coefficient (Wildman–Crippen LogP) is 4.31. The van der Waals surface area contributed by atoms with Crippen molar-refractivity contribution in [3.8, 4) is 0 Å². The van der Waals surface area contributed by atoms with E-state index in [0.717, 1.165) is 22.0 Å². The standard InChI is InChI=1S/C16H18O.C2H6/c1-5-9-11-14-13(7-3)16(12-10-6-2)17-15(14)8-4;1-2/h5-12H,2-3H2,1,4H3;1-2H3/b9-5-,12-10-,14-11-,15-8+;. The van der Waals surface area contributed by atoms with Crippen molar-refractivity contribution in [2.75, 3.05) is 0 Å². The highest BCUT2D eigenvalue weighted by molar-refractivity contribution is 5.64. The maximum Gasteiger partial charge on any atom is 0.135 e. The van der Waals surface area contributed by atoms with Crippen LogP contribution in [-0.4, -0.2) is 0 Å². The molecule has 0 aliphatic carbocycles. The van der Waals surface area contributed by atoms with Gasteiger partial charge >= 0.3 is 0 Å². The fourth-order valence-electron chi connectivity index (χ4n) is 1.56. The van der Waals surface area contributed by atoms with Gasteiger partial charge in [-0.25, -0.2) is 0 Å². The van der Waals surface area contributed by atoms with Crippen LogP contribution in [0.5, 0.6) is 0 Å². The Bertz CT molecular complexity index is 566. The lowest BCUT2D eigenvalue weighted by Crippen LogP contribution is -2.20. The Morgan fingerprint density at radius 2 is 1.74 bits per heavy atom. The number of hydrogen-bond acceptors (Lipinski definition) is 1. The molecule has 1 heterocycles. The van der Waals surface area contributed by atoms with Crippen LogP contribution < -0.4 is 10.6 Å². The van der Waals surface area contributed by atoms with Gasteiger partial charge in [-0.05, 0) is 26.0 Å². The SMILES string of the molecule is C=C/C=C\c1oc(=C/C)/c(=C\C=C/C)c1C=C.CC. The summed E-state index contributed by atoms with van der Waals surface area (Å²) in [6.07, 6.45) is 15.2. The molecule has 102 valence electrons. The van der Waals surface area contributed by atoms with Crippen LogP contribution in [0.2, 0.25) is 0 Å². The molecule has 0 aliphatic rings. The van der Waals surface area contributed by atoms with Gasteiger partial charge in [-0.3, -0.25) is 0 Å². The molecular weight excluding hydrogens is 232 g/mol. The van der Waals surface area contributed by atoms with Gasteiger partial charge in [0.2, 0.25) is 0 Å². The monoisotopic (exact) mass is 256 g/mol. The van der Waals surface area contributed by atoms with E-state index < -0.39 is 0 Å². The van der Waals surface area contributed by atoms with Crippen LogP contribution in [0.3, 0.4) is 0 Å². The minimum absolute atomic E-state index is 0.809. The van der Waals surface area contributed by atoms with E-state index in [-0.39, 0.29) is 0 Å². The molecule has 0 bridgehead atoms. The van der Waals surface area contributed by atoms with Crippen LogP contribution in [0.4, 0.5) is 0 Å². The lowest BCUT2D eigenvalue weighted by Gasteiger charge is -1.87. The Kier molecular flexibility index (Phi) is 8.90. The van der Waals surface area contributed by atoms with Crippen molar-refractivity contribution in [3.05, 3.63) is 59.4 Å². The molecule has 0 atom stereocenters. The minimum Gasteiger partial charge on any atom is -0.456 e. The van der Waals surface area contributed by atoms with Crippen LogP contribution >= 0.6 is 0 Å². The van der Waals surface area contributed by atoms with Crippen LogP contribution in [0.15, 0.2) is 41.9 Å². The summed E-state index contributed by atoms with van der Waals surface area (Å²) < 4.78 is 5.76. The molecule has 0 saturated carbocycles. The first-order valence-corrected chi connectivity index (χ1v) is 6.62. The first kappa shape index (κ1) is 17.0. The summed E-state index contributed by atoms with van der Waals surface area (Å²) in [5.74, 6) is 0.809. The van der Waals surface area contributed by atoms with Crippen molar-refractivity contribution < 1.29 is 4.42 Å². The molecular formula is C18H24O. The molecule has 19 heavy (non-hydrogen) atoms. The van der Waals surface area contributed by atoms with Crippen molar-refractivity contribution in [1.29, 1.82) is 0 Å². The molecule has 0 unspecified atom stereocenters.